The Bertz CT molecular complexity index is 380. The van der Waals surface area contributed by atoms with Gasteiger partial charge in [-0.05, 0) is 6.92 Å². The number of carboxylic acids is 2. The molecular weight excluding hydrogens is 176 g/mol. The molecule has 1 aromatic heterocycles. The molecule has 70 valence electrons. The van der Waals surface area contributed by atoms with Crippen molar-refractivity contribution in [2.45, 2.75) is 6.92 Å². The van der Waals surface area contributed by atoms with E-state index >= 15 is 0 Å². The maximum absolute atomic E-state index is 10.6. The van der Waals surface area contributed by atoms with E-state index in [0.29, 0.717) is 5.69 Å². The third-order valence-electron chi connectivity index (χ3n) is 1.75. The number of carboxylic acid groups (broad SMARTS) is 2. The van der Waals surface area contributed by atoms with Crippen LogP contribution in [-0.4, -0.2) is 31.9 Å². The first-order valence-electron chi connectivity index (χ1n) is 3.45. The van der Waals surface area contributed by atoms with Crippen LogP contribution in [0.25, 0.3) is 0 Å². The molecule has 6 nitrogen and oxygen atoms in total. The van der Waals surface area contributed by atoms with E-state index in [0.717, 1.165) is 0 Å². The number of hydrogen-bond acceptors (Lipinski definition) is 3. The second-order valence-electron chi connectivity index (χ2n) is 2.54. The molecule has 0 spiro atoms. The standard InChI is InChI=1S/C7H8N2O4/c1-3-4(6(10)11)5(7(12)13)8-9(3)2/h1-2H3,(H,10,11)(H,12,13). The third kappa shape index (κ3) is 1.37. The van der Waals surface area contributed by atoms with Crippen LogP contribution in [0.2, 0.25) is 0 Å². The van der Waals surface area contributed by atoms with Crippen molar-refractivity contribution in [1.82, 2.24) is 9.78 Å². The molecule has 0 radical (unpaired) electrons. The van der Waals surface area contributed by atoms with Crippen molar-refractivity contribution in [1.29, 1.82) is 0 Å². The molecule has 0 saturated heterocycles. The molecule has 0 aliphatic heterocycles. The van der Waals surface area contributed by atoms with Crippen molar-refractivity contribution in [3.05, 3.63) is 17.0 Å². The van der Waals surface area contributed by atoms with Crippen LogP contribution in [-0.2, 0) is 7.05 Å². The van der Waals surface area contributed by atoms with E-state index in [-0.39, 0.29) is 5.56 Å². The van der Waals surface area contributed by atoms with Crippen LogP contribution in [0, 0.1) is 6.92 Å². The van der Waals surface area contributed by atoms with Crippen molar-refractivity contribution in [3.8, 4) is 0 Å². The van der Waals surface area contributed by atoms with Gasteiger partial charge in [0.05, 0.1) is 5.69 Å². The van der Waals surface area contributed by atoms with E-state index in [9.17, 15) is 9.59 Å². The highest BCUT2D eigenvalue weighted by atomic mass is 16.4. The van der Waals surface area contributed by atoms with Gasteiger partial charge in [-0.1, -0.05) is 0 Å². The summed E-state index contributed by atoms with van der Waals surface area (Å²) in [6.45, 7) is 1.50. The van der Waals surface area contributed by atoms with Gasteiger partial charge in [-0.3, -0.25) is 4.68 Å². The summed E-state index contributed by atoms with van der Waals surface area (Å²) in [7, 11) is 1.49. The first kappa shape index (κ1) is 9.24. The summed E-state index contributed by atoms with van der Waals surface area (Å²) in [5.41, 5.74) is -0.354. The second-order valence-corrected chi connectivity index (χ2v) is 2.54. The monoisotopic (exact) mass is 184 g/mol. The van der Waals surface area contributed by atoms with Crippen LogP contribution in [0.4, 0.5) is 0 Å². The molecule has 2 N–H and O–H groups in total. The van der Waals surface area contributed by atoms with Crippen LogP contribution in [0.15, 0.2) is 0 Å². The summed E-state index contributed by atoms with van der Waals surface area (Å²) in [5, 5.41) is 20.9. The highest BCUT2D eigenvalue weighted by Gasteiger charge is 2.23. The summed E-state index contributed by atoms with van der Waals surface area (Å²) in [5.74, 6) is -2.61. The second kappa shape index (κ2) is 2.89. The predicted octanol–water partition coefficient (Wildman–Crippen LogP) is 0.125. The number of nitrogens with zero attached hydrogens (tertiary/aromatic N) is 2. The van der Waals surface area contributed by atoms with Crippen molar-refractivity contribution >= 4 is 11.9 Å². The summed E-state index contributed by atoms with van der Waals surface area (Å²) >= 11 is 0. The number of aromatic nitrogens is 2. The normalized spacial score (nSPS) is 10.0. The molecule has 0 atom stereocenters. The van der Waals surface area contributed by atoms with E-state index in [1.165, 1.54) is 18.7 Å². The fraction of sp³-hybridized carbons (Fsp3) is 0.286. The Balaban J connectivity index is 3.44. The number of hydrogen-bond donors (Lipinski definition) is 2. The average molecular weight is 184 g/mol. The smallest absolute Gasteiger partial charge is 0.357 e. The van der Waals surface area contributed by atoms with Crippen LogP contribution >= 0.6 is 0 Å². The van der Waals surface area contributed by atoms with Crippen LogP contribution < -0.4 is 0 Å². The van der Waals surface area contributed by atoms with Crippen molar-refractivity contribution in [2.24, 2.45) is 7.05 Å². The highest BCUT2D eigenvalue weighted by molar-refractivity contribution is 6.01. The molecule has 0 saturated carbocycles. The average Bonchev–Trinajstić information content (AvgIpc) is 2.28. The minimum absolute atomic E-state index is 0.255. The largest absolute Gasteiger partial charge is 0.478 e. The Hall–Kier alpha value is -1.85. The lowest BCUT2D eigenvalue weighted by molar-refractivity contribution is 0.0647. The molecule has 6 heteroatoms. The Kier molecular flexibility index (Phi) is 2.05. The quantitative estimate of drug-likeness (QED) is 0.681. The third-order valence-corrected chi connectivity index (χ3v) is 1.75. The van der Waals surface area contributed by atoms with Gasteiger partial charge in [0.15, 0.2) is 5.69 Å². The molecule has 1 rings (SSSR count). The van der Waals surface area contributed by atoms with Gasteiger partial charge in [-0.2, -0.15) is 5.10 Å². The predicted molar refractivity (Wildman–Crippen MR) is 41.9 cm³/mol. The maximum atomic E-state index is 10.6. The van der Waals surface area contributed by atoms with Gasteiger partial charge in [-0.15, -0.1) is 0 Å². The zero-order valence-electron chi connectivity index (χ0n) is 7.11. The van der Waals surface area contributed by atoms with Gasteiger partial charge >= 0.3 is 11.9 Å². The highest BCUT2D eigenvalue weighted by Crippen LogP contribution is 2.12. The van der Waals surface area contributed by atoms with Gasteiger partial charge in [-0.25, -0.2) is 9.59 Å². The minimum Gasteiger partial charge on any atom is -0.478 e. The fourth-order valence-electron chi connectivity index (χ4n) is 1.01. The van der Waals surface area contributed by atoms with Gasteiger partial charge in [0.2, 0.25) is 0 Å². The number of rotatable bonds is 2. The van der Waals surface area contributed by atoms with Crippen LogP contribution in [0.1, 0.15) is 26.5 Å². The van der Waals surface area contributed by atoms with E-state index in [2.05, 4.69) is 5.10 Å². The fourth-order valence-corrected chi connectivity index (χ4v) is 1.01. The summed E-state index contributed by atoms with van der Waals surface area (Å²) in [6, 6.07) is 0. The Morgan fingerprint density at radius 1 is 1.31 bits per heavy atom. The molecule has 1 aromatic rings. The summed E-state index contributed by atoms with van der Waals surface area (Å²) in [6.07, 6.45) is 0. The van der Waals surface area contributed by atoms with Crippen LogP contribution in [0.3, 0.4) is 0 Å². The topological polar surface area (TPSA) is 92.4 Å². The van der Waals surface area contributed by atoms with Crippen molar-refractivity contribution < 1.29 is 19.8 Å². The molecule has 0 unspecified atom stereocenters. The zero-order valence-corrected chi connectivity index (χ0v) is 7.11. The molecule has 13 heavy (non-hydrogen) atoms. The van der Waals surface area contributed by atoms with E-state index < -0.39 is 17.6 Å². The molecule has 0 fully saturated rings. The van der Waals surface area contributed by atoms with E-state index in [4.69, 9.17) is 10.2 Å². The molecular formula is C7H8N2O4. The number of aromatic carboxylic acids is 2. The first-order valence-corrected chi connectivity index (χ1v) is 3.45. The summed E-state index contributed by atoms with van der Waals surface area (Å²) < 4.78 is 1.23. The van der Waals surface area contributed by atoms with Crippen LogP contribution in [0.5, 0.6) is 0 Å². The molecule has 0 aliphatic rings. The number of aryl methyl sites for hydroxylation is 1. The molecule has 1 heterocycles. The van der Waals surface area contributed by atoms with Crippen molar-refractivity contribution in [2.75, 3.05) is 0 Å². The number of carbonyl (C=O) groups is 2. The maximum Gasteiger partial charge on any atom is 0.357 e. The first-order chi connectivity index (χ1) is 5.95. The van der Waals surface area contributed by atoms with Gasteiger partial charge in [0, 0.05) is 7.05 Å². The lowest BCUT2D eigenvalue weighted by Crippen LogP contribution is -2.07. The van der Waals surface area contributed by atoms with Gasteiger partial charge in [0.25, 0.3) is 0 Å². The Labute approximate surface area is 73.4 Å². The lowest BCUT2D eigenvalue weighted by Gasteiger charge is -1.93. The summed E-state index contributed by atoms with van der Waals surface area (Å²) in [4.78, 5) is 21.2. The minimum atomic E-state index is -1.33. The van der Waals surface area contributed by atoms with Gasteiger partial charge in [0.1, 0.15) is 5.56 Å². The van der Waals surface area contributed by atoms with E-state index in [1.807, 2.05) is 0 Å². The Morgan fingerprint density at radius 3 is 2.15 bits per heavy atom. The molecule has 0 aromatic carbocycles. The molecule has 0 amide bonds. The molecule has 0 aliphatic carbocycles. The van der Waals surface area contributed by atoms with E-state index in [1.54, 1.807) is 0 Å². The SMILES string of the molecule is Cc1c(C(=O)O)c(C(=O)O)nn1C. The lowest BCUT2D eigenvalue weighted by atomic mass is 10.2. The van der Waals surface area contributed by atoms with Gasteiger partial charge < -0.3 is 10.2 Å². The molecule has 0 bridgehead atoms. The zero-order chi connectivity index (χ0) is 10.2. The van der Waals surface area contributed by atoms with Crippen molar-refractivity contribution in [3.63, 3.8) is 0 Å². The Morgan fingerprint density at radius 2 is 1.85 bits per heavy atom.